The predicted molar refractivity (Wildman–Crippen MR) is 138 cm³/mol. The minimum absolute atomic E-state index is 0.333. The van der Waals surface area contributed by atoms with Crippen molar-refractivity contribution in [3.8, 4) is 22.7 Å². The molecule has 5 rings (SSSR count). The monoisotopic (exact) mass is 487 g/mol. The van der Waals surface area contributed by atoms with Crippen molar-refractivity contribution in [3.63, 3.8) is 0 Å². The number of aromatic nitrogens is 2. The van der Waals surface area contributed by atoms with Crippen LogP contribution in [0, 0.1) is 6.92 Å². The number of imidazole rings is 1. The van der Waals surface area contributed by atoms with Gasteiger partial charge in [0, 0.05) is 22.2 Å². The van der Waals surface area contributed by atoms with E-state index in [9.17, 15) is 4.79 Å². The van der Waals surface area contributed by atoms with Crippen molar-refractivity contribution < 1.29 is 9.21 Å². The molecule has 1 amide bonds. The average molecular weight is 488 g/mol. The molecule has 0 aliphatic heterocycles. The zero-order valence-electron chi connectivity index (χ0n) is 18.1. The van der Waals surface area contributed by atoms with E-state index < -0.39 is 0 Å². The fourth-order valence-electron chi connectivity index (χ4n) is 3.53. The third kappa shape index (κ3) is 4.62. The smallest absolute Gasteiger partial charge is 0.248 e. The molecule has 5 nitrogen and oxygen atoms in total. The molecule has 5 aromatic rings. The zero-order chi connectivity index (χ0) is 23.7. The molecule has 3 aromatic carbocycles. The zero-order valence-corrected chi connectivity index (χ0v) is 19.6. The summed E-state index contributed by atoms with van der Waals surface area (Å²) in [5.74, 6) is 1.58. The Balaban J connectivity index is 1.31. The second kappa shape index (κ2) is 9.21. The second-order valence-corrected chi connectivity index (χ2v) is 8.60. The van der Waals surface area contributed by atoms with Gasteiger partial charge in [-0.25, -0.2) is 4.98 Å². The van der Waals surface area contributed by atoms with Crippen LogP contribution in [0.25, 0.3) is 39.8 Å². The molecule has 2 heterocycles. The van der Waals surface area contributed by atoms with Crippen LogP contribution in [0.3, 0.4) is 0 Å². The molecular formula is C27H19Cl2N3O2. The molecule has 0 radical (unpaired) electrons. The van der Waals surface area contributed by atoms with Crippen LogP contribution >= 0.6 is 23.2 Å². The van der Waals surface area contributed by atoms with E-state index in [0.29, 0.717) is 33.1 Å². The van der Waals surface area contributed by atoms with Gasteiger partial charge in [0.15, 0.2) is 0 Å². The number of carbonyl (C=O) groups excluding carboxylic acids is 1. The summed E-state index contributed by atoms with van der Waals surface area (Å²) in [5.41, 5.74) is 4.97. The maximum Gasteiger partial charge on any atom is 0.248 e. The maximum absolute atomic E-state index is 12.5. The minimum atomic E-state index is -0.333. The molecule has 34 heavy (non-hydrogen) atoms. The SMILES string of the molecule is Cc1ccc(-c2ccc(/C=C/C(=O)Nc3cc(-c4nc5ccccc5[nH]4)ccc3Cl)o2)cc1Cl. The van der Waals surface area contributed by atoms with Gasteiger partial charge in [-0.1, -0.05) is 47.5 Å². The van der Waals surface area contributed by atoms with Crippen molar-refractivity contribution in [3.05, 3.63) is 100 Å². The molecule has 0 saturated carbocycles. The fourth-order valence-corrected chi connectivity index (χ4v) is 3.88. The summed E-state index contributed by atoms with van der Waals surface area (Å²) in [6.07, 6.45) is 3.00. The summed E-state index contributed by atoms with van der Waals surface area (Å²) in [6.45, 7) is 1.94. The van der Waals surface area contributed by atoms with Gasteiger partial charge >= 0.3 is 0 Å². The third-order valence-corrected chi connectivity index (χ3v) is 6.11. The number of rotatable bonds is 5. The number of H-pyrrole nitrogens is 1. The van der Waals surface area contributed by atoms with Gasteiger partial charge in [0.25, 0.3) is 0 Å². The molecule has 0 aliphatic rings. The minimum Gasteiger partial charge on any atom is -0.457 e. The summed E-state index contributed by atoms with van der Waals surface area (Å²) < 4.78 is 5.83. The van der Waals surface area contributed by atoms with Crippen molar-refractivity contribution >= 4 is 51.9 Å². The van der Waals surface area contributed by atoms with E-state index in [1.54, 1.807) is 24.3 Å². The Bertz CT molecular complexity index is 1520. The predicted octanol–water partition coefficient (Wildman–Crippen LogP) is 7.76. The molecular weight excluding hydrogens is 469 g/mol. The number of nitrogens with zero attached hydrogens (tertiary/aromatic N) is 1. The number of halogens is 2. The molecule has 0 unspecified atom stereocenters. The van der Waals surface area contributed by atoms with Gasteiger partial charge in [-0.15, -0.1) is 0 Å². The number of fused-ring (bicyclic) bond motifs is 1. The highest BCUT2D eigenvalue weighted by Crippen LogP contribution is 2.29. The van der Waals surface area contributed by atoms with E-state index in [1.165, 1.54) is 6.08 Å². The number of hydrogen-bond acceptors (Lipinski definition) is 3. The summed E-state index contributed by atoms with van der Waals surface area (Å²) in [6, 6.07) is 22.5. The summed E-state index contributed by atoms with van der Waals surface area (Å²) >= 11 is 12.5. The highest BCUT2D eigenvalue weighted by molar-refractivity contribution is 6.34. The third-order valence-electron chi connectivity index (χ3n) is 5.37. The summed E-state index contributed by atoms with van der Waals surface area (Å²) in [4.78, 5) is 20.4. The number of amides is 1. The normalized spacial score (nSPS) is 11.4. The molecule has 2 aromatic heterocycles. The van der Waals surface area contributed by atoms with E-state index in [4.69, 9.17) is 27.6 Å². The molecule has 0 aliphatic carbocycles. The lowest BCUT2D eigenvalue weighted by atomic mass is 10.1. The number of aromatic amines is 1. The van der Waals surface area contributed by atoms with Gasteiger partial charge in [-0.2, -0.15) is 0 Å². The lowest BCUT2D eigenvalue weighted by Crippen LogP contribution is -2.08. The summed E-state index contributed by atoms with van der Waals surface area (Å²) in [5, 5.41) is 3.92. The van der Waals surface area contributed by atoms with Crippen LogP contribution in [-0.4, -0.2) is 15.9 Å². The van der Waals surface area contributed by atoms with Gasteiger partial charge in [0.2, 0.25) is 5.91 Å². The standard InChI is InChI=1S/C27H19Cl2N3O2/c1-16-6-7-17(14-21(16)29)25-12-9-19(34-25)10-13-26(33)30-24-15-18(8-11-20(24)28)27-31-22-4-2-3-5-23(22)32-27/h2-15H,1H3,(H,30,33)(H,31,32)/b13-10+. The summed E-state index contributed by atoms with van der Waals surface area (Å²) in [7, 11) is 0. The number of nitrogens with one attached hydrogen (secondary N) is 2. The molecule has 168 valence electrons. The lowest BCUT2D eigenvalue weighted by molar-refractivity contribution is -0.111. The van der Waals surface area contributed by atoms with Crippen molar-refractivity contribution in [2.45, 2.75) is 6.92 Å². The van der Waals surface area contributed by atoms with Gasteiger partial charge in [-0.05, 0) is 67.1 Å². The Morgan fingerprint density at radius 1 is 0.971 bits per heavy atom. The van der Waals surface area contributed by atoms with Crippen LogP contribution in [0.15, 0.2) is 83.3 Å². The number of para-hydroxylation sites is 2. The van der Waals surface area contributed by atoms with E-state index in [-0.39, 0.29) is 5.91 Å². The van der Waals surface area contributed by atoms with Gasteiger partial charge in [-0.3, -0.25) is 4.79 Å². The van der Waals surface area contributed by atoms with Gasteiger partial charge < -0.3 is 14.7 Å². The molecule has 0 saturated heterocycles. The van der Waals surface area contributed by atoms with Crippen LogP contribution in [0.4, 0.5) is 5.69 Å². The van der Waals surface area contributed by atoms with Crippen molar-refractivity contribution in [2.75, 3.05) is 5.32 Å². The van der Waals surface area contributed by atoms with E-state index >= 15 is 0 Å². The highest BCUT2D eigenvalue weighted by Gasteiger charge is 2.10. The Kier molecular flexibility index (Phi) is 5.97. The van der Waals surface area contributed by atoms with Crippen LogP contribution in [0.2, 0.25) is 10.0 Å². The molecule has 0 fully saturated rings. The number of benzene rings is 3. The fraction of sp³-hybridized carbons (Fsp3) is 0.0370. The van der Waals surface area contributed by atoms with Crippen molar-refractivity contribution in [1.82, 2.24) is 9.97 Å². The number of aryl methyl sites for hydroxylation is 1. The van der Waals surface area contributed by atoms with Crippen LogP contribution < -0.4 is 5.32 Å². The van der Waals surface area contributed by atoms with E-state index in [2.05, 4.69) is 15.3 Å². The number of furan rings is 1. The number of carbonyl (C=O) groups is 1. The van der Waals surface area contributed by atoms with Crippen molar-refractivity contribution in [2.24, 2.45) is 0 Å². The molecule has 7 heteroatoms. The lowest BCUT2D eigenvalue weighted by Gasteiger charge is -2.07. The van der Waals surface area contributed by atoms with Crippen molar-refractivity contribution in [1.29, 1.82) is 0 Å². The first-order valence-electron chi connectivity index (χ1n) is 10.6. The first-order valence-corrected chi connectivity index (χ1v) is 11.3. The highest BCUT2D eigenvalue weighted by atomic mass is 35.5. The Hall–Kier alpha value is -3.80. The molecule has 2 N–H and O–H groups in total. The Morgan fingerprint density at radius 2 is 1.79 bits per heavy atom. The number of anilines is 1. The Labute approximate surface area is 206 Å². The first-order chi connectivity index (χ1) is 16.5. The maximum atomic E-state index is 12.5. The molecule has 0 spiro atoms. The molecule has 0 bridgehead atoms. The van der Waals surface area contributed by atoms with Crippen LogP contribution in [0.5, 0.6) is 0 Å². The van der Waals surface area contributed by atoms with E-state index in [1.807, 2.05) is 61.5 Å². The van der Waals surface area contributed by atoms with Gasteiger partial charge in [0.05, 0.1) is 21.7 Å². The Morgan fingerprint density at radius 3 is 2.62 bits per heavy atom. The quantitative estimate of drug-likeness (QED) is 0.249. The second-order valence-electron chi connectivity index (χ2n) is 7.79. The average Bonchev–Trinajstić information content (AvgIpc) is 3.48. The van der Waals surface area contributed by atoms with Crippen LogP contribution in [0.1, 0.15) is 11.3 Å². The van der Waals surface area contributed by atoms with Crippen LogP contribution in [-0.2, 0) is 4.79 Å². The largest absolute Gasteiger partial charge is 0.457 e. The van der Waals surface area contributed by atoms with Gasteiger partial charge in [0.1, 0.15) is 17.3 Å². The van der Waals surface area contributed by atoms with E-state index in [0.717, 1.165) is 27.7 Å². The molecule has 0 atom stereocenters. The topological polar surface area (TPSA) is 70.9 Å². The first kappa shape index (κ1) is 22.0. The number of hydrogen-bond donors (Lipinski definition) is 2.